The molecule has 2 rings (SSSR count). The highest BCUT2D eigenvalue weighted by atomic mass is 16.3. The fourth-order valence-electron chi connectivity index (χ4n) is 2.64. The maximum atomic E-state index is 12.6. The highest BCUT2D eigenvalue weighted by Crippen LogP contribution is 2.25. The molecular weight excluding hydrogens is 256 g/mol. The van der Waals surface area contributed by atoms with Gasteiger partial charge in [-0.3, -0.25) is 4.79 Å². The van der Waals surface area contributed by atoms with Crippen LogP contribution in [0.1, 0.15) is 36.5 Å². The first kappa shape index (κ1) is 14.7. The van der Waals surface area contributed by atoms with E-state index < -0.39 is 0 Å². The Hall–Kier alpha value is -1.75. The van der Waals surface area contributed by atoms with Crippen LogP contribution in [0, 0.1) is 0 Å². The molecule has 1 fully saturated rings. The number of carbonyl (C=O) groups is 1. The fourth-order valence-corrected chi connectivity index (χ4v) is 2.64. The molecule has 1 aliphatic rings. The molecule has 110 valence electrons. The van der Waals surface area contributed by atoms with Gasteiger partial charge < -0.3 is 20.4 Å². The molecule has 5 nitrogen and oxygen atoms in total. The van der Waals surface area contributed by atoms with Crippen LogP contribution in [0.25, 0.3) is 0 Å². The van der Waals surface area contributed by atoms with Gasteiger partial charge in [0.15, 0.2) is 0 Å². The monoisotopic (exact) mass is 278 g/mol. The van der Waals surface area contributed by atoms with Crippen LogP contribution in [0.2, 0.25) is 0 Å². The van der Waals surface area contributed by atoms with Crippen LogP contribution >= 0.6 is 0 Å². The first-order valence-corrected chi connectivity index (χ1v) is 7.17. The van der Waals surface area contributed by atoms with E-state index in [0.29, 0.717) is 6.54 Å². The minimum Gasteiger partial charge on any atom is -0.508 e. The van der Waals surface area contributed by atoms with Gasteiger partial charge in [0.25, 0.3) is 5.91 Å². The molecule has 0 aliphatic carbocycles. The summed E-state index contributed by atoms with van der Waals surface area (Å²) in [6.07, 6.45) is 2.88. The molecule has 1 saturated heterocycles. The van der Waals surface area contributed by atoms with Crippen LogP contribution in [0.5, 0.6) is 11.5 Å². The van der Waals surface area contributed by atoms with Gasteiger partial charge in [-0.25, -0.2) is 0 Å². The van der Waals surface area contributed by atoms with Crippen LogP contribution in [-0.2, 0) is 0 Å². The minimum atomic E-state index is -0.214. The van der Waals surface area contributed by atoms with Gasteiger partial charge in [0.05, 0.1) is 5.56 Å². The largest absolute Gasteiger partial charge is 0.508 e. The molecule has 5 heteroatoms. The van der Waals surface area contributed by atoms with E-state index in [4.69, 9.17) is 0 Å². The van der Waals surface area contributed by atoms with Crippen molar-refractivity contribution in [3.63, 3.8) is 0 Å². The Balaban J connectivity index is 2.23. The maximum Gasteiger partial charge on any atom is 0.258 e. The Morgan fingerprint density at radius 1 is 1.45 bits per heavy atom. The summed E-state index contributed by atoms with van der Waals surface area (Å²) in [7, 11) is 0. The molecule has 1 aromatic rings. The van der Waals surface area contributed by atoms with E-state index in [-0.39, 0.29) is 29.0 Å². The van der Waals surface area contributed by atoms with Crippen molar-refractivity contribution in [3.05, 3.63) is 23.8 Å². The van der Waals surface area contributed by atoms with Gasteiger partial charge >= 0.3 is 0 Å². The van der Waals surface area contributed by atoms with Gasteiger partial charge in [-0.05, 0) is 44.0 Å². The highest BCUT2D eigenvalue weighted by molar-refractivity contribution is 5.97. The van der Waals surface area contributed by atoms with Crippen LogP contribution in [-0.4, -0.2) is 46.7 Å². The van der Waals surface area contributed by atoms with Crippen LogP contribution < -0.4 is 5.32 Å². The SMILES string of the molecule is CCCN(C(=O)c1cc(O)ccc1O)C1CCCNC1. The first-order valence-electron chi connectivity index (χ1n) is 7.17. The quantitative estimate of drug-likeness (QED) is 0.733. The molecule has 1 amide bonds. The van der Waals surface area contributed by atoms with Crippen molar-refractivity contribution in [2.75, 3.05) is 19.6 Å². The molecule has 1 atom stereocenters. The second-order valence-corrected chi connectivity index (χ2v) is 5.20. The summed E-state index contributed by atoms with van der Waals surface area (Å²) >= 11 is 0. The highest BCUT2D eigenvalue weighted by Gasteiger charge is 2.27. The maximum absolute atomic E-state index is 12.6. The number of phenolic OH excluding ortho intramolecular Hbond substituents is 2. The molecule has 0 aromatic heterocycles. The van der Waals surface area contributed by atoms with Gasteiger partial charge in [0.2, 0.25) is 0 Å². The van der Waals surface area contributed by atoms with E-state index in [0.717, 1.165) is 32.4 Å². The number of benzene rings is 1. The van der Waals surface area contributed by atoms with E-state index in [1.807, 2.05) is 6.92 Å². The van der Waals surface area contributed by atoms with Crippen molar-refractivity contribution < 1.29 is 15.0 Å². The Bertz CT molecular complexity index is 470. The van der Waals surface area contributed by atoms with Crippen molar-refractivity contribution in [2.45, 2.75) is 32.2 Å². The molecule has 0 spiro atoms. The van der Waals surface area contributed by atoms with Gasteiger partial charge in [0, 0.05) is 19.1 Å². The molecule has 20 heavy (non-hydrogen) atoms. The average Bonchev–Trinajstić information content (AvgIpc) is 2.47. The molecule has 1 unspecified atom stereocenters. The lowest BCUT2D eigenvalue weighted by Crippen LogP contribution is -2.49. The Labute approximate surface area is 119 Å². The predicted molar refractivity (Wildman–Crippen MR) is 77.0 cm³/mol. The van der Waals surface area contributed by atoms with Crippen LogP contribution in [0.3, 0.4) is 0 Å². The summed E-state index contributed by atoms with van der Waals surface area (Å²) in [6.45, 7) is 4.45. The van der Waals surface area contributed by atoms with Gasteiger partial charge in [-0.15, -0.1) is 0 Å². The van der Waals surface area contributed by atoms with Crippen molar-refractivity contribution in [1.82, 2.24) is 10.2 Å². The van der Waals surface area contributed by atoms with Crippen molar-refractivity contribution in [1.29, 1.82) is 0 Å². The Kier molecular flexibility index (Phi) is 4.84. The zero-order valence-corrected chi connectivity index (χ0v) is 11.8. The average molecular weight is 278 g/mol. The Morgan fingerprint density at radius 3 is 2.90 bits per heavy atom. The summed E-state index contributed by atoms with van der Waals surface area (Å²) in [5.41, 5.74) is 0.170. The van der Waals surface area contributed by atoms with E-state index in [2.05, 4.69) is 5.32 Å². The third kappa shape index (κ3) is 3.22. The third-order valence-corrected chi connectivity index (χ3v) is 3.65. The van der Waals surface area contributed by atoms with Gasteiger partial charge in [-0.2, -0.15) is 0 Å². The number of hydrogen-bond acceptors (Lipinski definition) is 4. The van der Waals surface area contributed by atoms with E-state index in [1.165, 1.54) is 18.2 Å². The number of aromatic hydroxyl groups is 2. The van der Waals surface area contributed by atoms with Crippen LogP contribution in [0.4, 0.5) is 0 Å². The molecule has 0 radical (unpaired) electrons. The minimum absolute atomic E-state index is 0.00984. The normalized spacial score (nSPS) is 18.8. The lowest BCUT2D eigenvalue weighted by molar-refractivity contribution is 0.0645. The number of piperidine rings is 1. The molecule has 1 aromatic carbocycles. The fraction of sp³-hybridized carbons (Fsp3) is 0.533. The summed E-state index contributed by atoms with van der Waals surface area (Å²) in [6, 6.07) is 4.21. The summed E-state index contributed by atoms with van der Waals surface area (Å²) < 4.78 is 0. The van der Waals surface area contributed by atoms with Crippen LogP contribution in [0.15, 0.2) is 18.2 Å². The molecule has 1 aliphatic heterocycles. The second-order valence-electron chi connectivity index (χ2n) is 5.20. The zero-order valence-electron chi connectivity index (χ0n) is 11.8. The van der Waals surface area contributed by atoms with Gasteiger partial charge in [0.1, 0.15) is 11.5 Å². The lowest BCUT2D eigenvalue weighted by atomic mass is 10.0. The number of carbonyl (C=O) groups excluding carboxylic acids is 1. The molecule has 0 saturated carbocycles. The molecule has 1 heterocycles. The number of amides is 1. The number of nitrogens with zero attached hydrogens (tertiary/aromatic N) is 1. The first-order chi connectivity index (χ1) is 9.63. The predicted octanol–water partition coefficient (Wildman–Crippen LogP) is 1.70. The second kappa shape index (κ2) is 6.61. The Morgan fingerprint density at radius 2 is 2.25 bits per heavy atom. The molecule has 0 bridgehead atoms. The number of hydrogen-bond donors (Lipinski definition) is 3. The number of rotatable bonds is 4. The standard InChI is InChI=1S/C15H22N2O3/c1-2-8-17(11-4-3-7-16-10-11)15(20)13-9-12(18)5-6-14(13)19/h5-6,9,11,16,18-19H,2-4,7-8,10H2,1H3. The van der Waals surface area contributed by atoms with Crippen molar-refractivity contribution in [3.8, 4) is 11.5 Å². The van der Waals surface area contributed by atoms with Crippen molar-refractivity contribution in [2.24, 2.45) is 0 Å². The summed E-state index contributed by atoms with van der Waals surface area (Å²) in [5.74, 6) is -0.309. The molecule has 3 N–H and O–H groups in total. The zero-order chi connectivity index (χ0) is 14.5. The van der Waals surface area contributed by atoms with Crippen molar-refractivity contribution >= 4 is 5.91 Å². The number of phenols is 2. The summed E-state index contributed by atoms with van der Waals surface area (Å²) in [5, 5.41) is 22.7. The topological polar surface area (TPSA) is 72.8 Å². The van der Waals surface area contributed by atoms with Gasteiger partial charge in [-0.1, -0.05) is 6.92 Å². The van der Waals surface area contributed by atoms with E-state index in [1.54, 1.807) is 4.90 Å². The smallest absolute Gasteiger partial charge is 0.258 e. The molecular formula is C15H22N2O3. The number of nitrogens with one attached hydrogen (secondary N) is 1. The third-order valence-electron chi connectivity index (χ3n) is 3.65. The summed E-state index contributed by atoms with van der Waals surface area (Å²) in [4.78, 5) is 14.4. The van der Waals surface area contributed by atoms with E-state index >= 15 is 0 Å². The van der Waals surface area contributed by atoms with E-state index in [9.17, 15) is 15.0 Å². The lowest BCUT2D eigenvalue weighted by Gasteiger charge is -2.34.